The van der Waals surface area contributed by atoms with E-state index in [0.29, 0.717) is 52.5 Å². The third-order valence-corrected chi connectivity index (χ3v) is 9.64. The summed E-state index contributed by atoms with van der Waals surface area (Å²) < 4.78 is 48.2. The summed E-state index contributed by atoms with van der Waals surface area (Å²) in [7, 11) is -2.74. The third kappa shape index (κ3) is 7.07. The van der Waals surface area contributed by atoms with Gasteiger partial charge in [-0.1, -0.05) is 48.5 Å². The summed E-state index contributed by atoms with van der Waals surface area (Å²) in [5, 5.41) is 13.3. The molecule has 0 atom stereocenters. The van der Waals surface area contributed by atoms with Crippen LogP contribution in [0.15, 0.2) is 64.0 Å². The maximum Gasteiger partial charge on any atom is 0.309 e. The van der Waals surface area contributed by atoms with Crippen LogP contribution < -0.4 is 4.31 Å². The van der Waals surface area contributed by atoms with Gasteiger partial charge in [0, 0.05) is 31.3 Å². The van der Waals surface area contributed by atoms with E-state index in [1.807, 2.05) is 35.8 Å². The molecule has 0 unspecified atom stereocenters. The molecule has 0 amide bonds. The summed E-state index contributed by atoms with van der Waals surface area (Å²) >= 11 is 0. The van der Waals surface area contributed by atoms with Gasteiger partial charge in [-0.05, 0) is 62.1 Å². The number of aliphatic carboxylic acids is 1. The number of carbonyl (C=O) groups is 1. The predicted octanol–water partition coefficient (Wildman–Crippen LogP) is 5.67. The number of anilines is 1. The molecule has 248 valence electrons. The van der Waals surface area contributed by atoms with Crippen molar-refractivity contribution < 1.29 is 32.3 Å². The number of carboxylic acids is 1. The summed E-state index contributed by atoms with van der Waals surface area (Å²) in [6.07, 6.45) is 1.41. The zero-order valence-electron chi connectivity index (χ0n) is 27.2. The molecule has 0 aliphatic carbocycles. The highest BCUT2D eigenvalue weighted by Crippen LogP contribution is 2.35. The maximum atomic E-state index is 14.3. The Kier molecular flexibility index (Phi) is 10.4. The first-order chi connectivity index (χ1) is 22.6. The molecular formula is C34H39N5O7S. The number of carboxylic acid groups (broad SMARTS) is 1. The average molecular weight is 662 g/mol. The zero-order valence-corrected chi connectivity index (χ0v) is 28.0. The van der Waals surface area contributed by atoms with Gasteiger partial charge in [0.1, 0.15) is 23.8 Å². The minimum Gasteiger partial charge on any atom is -0.481 e. The zero-order chi connectivity index (χ0) is 33.7. The Labute approximate surface area is 274 Å². The van der Waals surface area contributed by atoms with Gasteiger partial charge in [-0.15, -0.1) is 0 Å². The maximum absolute atomic E-state index is 14.3. The largest absolute Gasteiger partial charge is 0.481 e. The van der Waals surface area contributed by atoms with Gasteiger partial charge in [0.25, 0.3) is 10.0 Å². The van der Waals surface area contributed by atoms with Gasteiger partial charge in [0.15, 0.2) is 11.5 Å². The van der Waals surface area contributed by atoms with Gasteiger partial charge in [0.05, 0.1) is 30.2 Å². The lowest BCUT2D eigenvalue weighted by Crippen LogP contribution is -2.34. The van der Waals surface area contributed by atoms with E-state index in [1.54, 1.807) is 44.2 Å². The normalized spacial score (nSPS) is 11.8. The number of fused-ring (bicyclic) bond motifs is 1. The molecule has 0 aliphatic heterocycles. The van der Waals surface area contributed by atoms with Crippen molar-refractivity contribution in [3.8, 4) is 11.1 Å². The average Bonchev–Trinajstić information content (AvgIpc) is 3.56. The molecule has 13 heteroatoms. The van der Waals surface area contributed by atoms with Gasteiger partial charge in [-0.2, -0.15) is 0 Å². The van der Waals surface area contributed by atoms with E-state index in [2.05, 4.69) is 17.1 Å². The Balaban J connectivity index is 1.60. The fraction of sp³-hybridized carbons (Fsp3) is 0.353. The number of nitrogens with zero attached hydrogens (tertiary/aromatic N) is 5. The first kappa shape index (κ1) is 33.8. The molecule has 12 nitrogen and oxygen atoms in total. The Morgan fingerprint density at radius 3 is 2.51 bits per heavy atom. The monoisotopic (exact) mass is 661 g/mol. The molecule has 3 heterocycles. The van der Waals surface area contributed by atoms with Crippen molar-refractivity contribution in [2.45, 2.75) is 65.0 Å². The van der Waals surface area contributed by atoms with Crippen LogP contribution in [-0.2, 0) is 50.3 Å². The van der Waals surface area contributed by atoms with Crippen LogP contribution in [0.4, 0.5) is 5.82 Å². The minimum atomic E-state index is -4.16. The number of hydrogen-bond donors (Lipinski definition) is 1. The predicted molar refractivity (Wildman–Crippen MR) is 177 cm³/mol. The van der Waals surface area contributed by atoms with Crippen LogP contribution in [0.3, 0.4) is 0 Å². The summed E-state index contributed by atoms with van der Waals surface area (Å²) in [5.41, 5.74) is 5.33. The van der Waals surface area contributed by atoms with Crippen LogP contribution >= 0.6 is 0 Å². The molecule has 1 N–H and O–H groups in total. The Hall–Kier alpha value is -4.59. The molecular weight excluding hydrogens is 622 g/mol. The second-order valence-electron chi connectivity index (χ2n) is 11.2. The number of rotatable bonds is 15. The molecule has 0 saturated carbocycles. The SMILES string of the molecule is CCCc1nc2ccc(CC(=O)O)nc2n1Cc1ccc(-c2ccccc2S(=O)(=O)N(COC)c2noc(C)c2C)c(COCC)c1. The second-order valence-corrected chi connectivity index (χ2v) is 13.0. The van der Waals surface area contributed by atoms with Crippen molar-refractivity contribution in [2.75, 3.05) is 24.8 Å². The molecule has 0 aliphatic rings. The number of pyridine rings is 1. The summed E-state index contributed by atoms with van der Waals surface area (Å²) in [5.74, 6) is 0.581. The fourth-order valence-corrected chi connectivity index (χ4v) is 7.06. The highest BCUT2D eigenvalue weighted by atomic mass is 32.2. The Morgan fingerprint density at radius 2 is 1.83 bits per heavy atom. The molecule has 5 rings (SSSR count). The van der Waals surface area contributed by atoms with E-state index in [-0.39, 0.29) is 30.5 Å². The van der Waals surface area contributed by atoms with Crippen molar-refractivity contribution in [3.05, 3.63) is 88.6 Å². The van der Waals surface area contributed by atoms with Gasteiger partial charge < -0.3 is 23.7 Å². The van der Waals surface area contributed by atoms with E-state index in [4.69, 9.17) is 19.0 Å². The number of aryl methyl sites for hydroxylation is 2. The van der Waals surface area contributed by atoms with Crippen molar-refractivity contribution in [1.82, 2.24) is 19.7 Å². The van der Waals surface area contributed by atoms with Crippen LogP contribution in [0.1, 0.15) is 54.2 Å². The molecule has 0 radical (unpaired) electrons. The topological polar surface area (TPSA) is 150 Å². The first-order valence-electron chi connectivity index (χ1n) is 15.4. The van der Waals surface area contributed by atoms with E-state index < -0.39 is 16.0 Å². The molecule has 0 bridgehead atoms. The van der Waals surface area contributed by atoms with Gasteiger partial charge >= 0.3 is 5.97 Å². The fourth-order valence-electron chi connectivity index (χ4n) is 5.48. The number of imidazole rings is 1. The number of sulfonamides is 1. The summed E-state index contributed by atoms with van der Waals surface area (Å²) in [4.78, 5) is 20.9. The van der Waals surface area contributed by atoms with Gasteiger partial charge in [-0.25, -0.2) is 22.7 Å². The van der Waals surface area contributed by atoms with Crippen molar-refractivity contribution in [2.24, 2.45) is 0 Å². The minimum absolute atomic E-state index is 0.0867. The van der Waals surface area contributed by atoms with E-state index >= 15 is 0 Å². The lowest BCUT2D eigenvalue weighted by Gasteiger charge is -2.23. The molecule has 2 aromatic carbocycles. The van der Waals surface area contributed by atoms with Crippen molar-refractivity contribution >= 4 is 33.0 Å². The number of ether oxygens (including phenoxy) is 2. The van der Waals surface area contributed by atoms with Crippen molar-refractivity contribution in [1.29, 1.82) is 0 Å². The number of hydrogen-bond acceptors (Lipinski definition) is 9. The highest BCUT2D eigenvalue weighted by Gasteiger charge is 2.32. The van der Waals surface area contributed by atoms with Crippen molar-refractivity contribution in [3.63, 3.8) is 0 Å². The highest BCUT2D eigenvalue weighted by molar-refractivity contribution is 7.93. The van der Waals surface area contributed by atoms with E-state index in [9.17, 15) is 18.3 Å². The van der Waals surface area contributed by atoms with Crippen LogP contribution in [0.2, 0.25) is 0 Å². The second kappa shape index (κ2) is 14.4. The number of methoxy groups -OCH3 is 1. The van der Waals surface area contributed by atoms with Gasteiger partial charge in [-0.3, -0.25) is 4.79 Å². The van der Waals surface area contributed by atoms with Crippen LogP contribution in [0, 0.1) is 13.8 Å². The molecule has 0 saturated heterocycles. The summed E-state index contributed by atoms with van der Waals surface area (Å²) in [6, 6.07) is 16.2. The first-order valence-corrected chi connectivity index (χ1v) is 16.8. The lowest BCUT2D eigenvalue weighted by atomic mass is 9.97. The van der Waals surface area contributed by atoms with Gasteiger partial charge in [0.2, 0.25) is 0 Å². The third-order valence-electron chi connectivity index (χ3n) is 7.87. The lowest BCUT2D eigenvalue weighted by molar-refractivity contribution is -0.136. The molecule has 0 fully saturated rings. The number of aromatic nitrogens is 4. The Morgan fingerprint density at radius 1 is 1.04 bits per heavy atom. The molecule has 0 spiro atoms. The Bertz CT molecular complexity index is 2000. The quantitative estimate of drug-likeness (QED) is 0.139. The molecule has 47 heavy (non-hydrogen) atoms. The van der Waals surface area contributed by atoms with E-state index in [1.165, 1.54) is 7.11 Å². The van der Waals surface area contributed by atoms with E-state index in [0.717, 1.165) is 34.1 Å². The standard InChI is InChI=1S/C34H39N5O7S/c1-6-10-31-36-29-16-14-26(18-32(40)41)35-34(29)38(31)19-24-13-15-27(25(17-24)20-45-7-2)28-11-8-9-12-30(28)47(42,43)39(21-44-5)33-22(3)23(4)46-37-33/h8-9,11-17H,6-7,10,18-21H2,1-5H3,(H,40,41). The molecule has 5 aromatic rings. The smallest absolute Gasteiger partial charge is 0.309 e. The van der Waals surface area contributed by atoms with Crippen LogP contribution in [0.25, 0.3) is 22.3 Å². The molecule has 3 aromatic heterocycles. The summed E-state index contributed by atoms with van der Waals surface area (Å²) in [6.45, 7) is 8.36. The van der Waals surface area contributed by atoms with Crippen LogP contribution in [0.5, 0.6) is 0 Å². The van der Waals surface area contributed by atoms with Crippen LogP contribution in [-0.4, -0.2) is 59.6 Å². The number of benzene rings is 2.